The second-order valence-corrected chi connectivity index (χ2v) is 7.23. The van der Waals surface area contributed by atoms with Crippen molar-refractivity contribution in [1.82, 2.24) is 9.47 Å². The maximum absolute atomic E-state index is 13.2. The molecule has 25 heavy (non-hydrogen) atoms. The Morgan fingerprint density at radius 2 is 1.92 bits per heavy atom. The molecule has 126 valence electrons. The van der Waals surface area contributed by atoms with Crippen LogP contribution in [-0.2, 0) is 13.5 Å². The number of aryl methyl sites for hydroxylation is 1. The van der Waals surface area contributed by atoms with Gasteiger partial charge in [0.2, 0.25) is 5.56 Å². The van der Waals surface area contributed by atoms with Crippen molar-refractivity contribution in [2.24, 2.45) is 7.05 Å². The highest BCUT2D eigenvalue weighted by Crippen LogP contribution is 2.38. The molecule has 0 saturated carbocycles. The molecule has 4 nitrogen and oxygen atoms in total. The van der Waals surface area contributed by atoms with Gasteiger partial charge in [-0.2, -0.15) is 0 Å². The fraction of sp³-hybridized carbons (Fsp3) is 0.200. The molecule has 3 aromatic rings. The molecule has 4 rings (SSSR count). The molecule has 0 bridgehead atoms. The first-order chi connectivity index (χ1) is 12.1. The molecule has 0 spiro atoms. The molecule has 1 atom stereocenters. The molecular weight excluding hydrogens is 332 g/mol. The summed E-state index contributed by atoms with van der Waals surface area (Å²) in [6, 6.07) is 15.2. The minimum atomic E-state index is -0.116. The monoisotopic (exact) mass is 350 g/mol. The van der Waals surface area contributed by atoms with E-state index in [4.69, 9.17) is 0 Å². The lowest BCUT2D eigenvalue weighted by Gasteiger charge is -2.36. The minimum absolute atomic E-state index is 0.0405. The number of benzene rings is 1. The van der Waals surface area contributed by atoms with Crippen molar-refractivity contribution in [3.05, 3.63) is 92.0 Å². The van der Waals surface area contributed by atoms with Gasteiger partial charge in [-0.3, -0.25) is 9.59 Å². The number of fused-ring (bicyclic) bond motifs is 1. The summed E-state index contributed by atoms with van der Waals surface area (Å²) in [4.78, 5) is 28.1. The average molecular weight is 350 g/mol. The van der Waals surface area contributed by atoms with E-state index in [2.05, 4.69) is 23.6 Å². The van der Waals surface area contributed by atoms with E-state index in [9.17, 15) is 9.59 Å². The van der Waals surface area contributed by atoms with Crippen LogP contribution in [0.5, 0.6) is 0 Å². The van der Waals surface area contributed by atoms with Gasteiger partial charge in [-0.05, 0) is 35.1 Å². The number of hydrogen-bond donors (Lipinski definition) is 0. The van der Waals surface area contributed by atoms with Crippen molar-refractivity contribution in [1.29, 1.82) is 0 Å². The molecule has 0 unspecified atom stereocenters. The van der Waals surface area contributed by atoms with E-state index in [1.165, 1.54) is 21.1 Å². The van der Waals surface area contributed by atoms with Crippen molar-refractivity contribution in [3.63, 3.8) is 0 Å². The largest absolute Gasteiger partial charge is 0.327 e. The van der Waals surface area contributed by atoms with Gasteiger partial charge in [0.25, 0.3) is 5.91 Å². The van der Waals surface area contributed by atoms with Crippen LogP contribution in [0, 0.1) is 0 Å². The first kappa shape index (κ1) is 15.8. The van der Waals surface area contributed by atoms with Gasteiger partial charge >= 0.3 is 0 Å². The van der Waals surface area contributed by atoms with Crippen molar-refractivity contribution in [3.8, 4) is 0 Å². The van der Waals surface area contributed by atoms with E-state index in [-0.39, 0.29) is 17.5 Å². The van der Waals surface area contributed by atoms with Crippen LogP contribution in [-0.4, -0.2) is 21.9 Å². The molecule has 0 N–H and O–H groups in total. The van der Waals surface area contributed by atoms with Gasteiger partial charge < -0.3 is 9.47 Å². The van der Waals surface area contributed by atoms with E-state index >= 15 is 0 Å². The highest BCUT2D eigenvalue weighted by Gasteiger charge is 2.33. The molecule has 1 amide bonds. The quantitative estimate of drug-likeness (QED) is 0.712. The maximum Gasteiger partial charge on any atom is 0.256 e. The lowest BCUT2D eigenvalue weighted by molar-refractivity contribution is 0.0695. The van der Waals surface area contributed by atoms with Gasteiger partial charge in [0, 0.05) is 30.7 Å². The molecule has 1 aliphatic heterocycles. The Hall–Kier alpha value is -2.66. The lowest BCUT2D eigenvalue weighted by atomic mass is 9.92. The van der Waals surface area contributed by atoms with Crippen molar-refractivity contribution in [2.75, 3.05) is 6.54 Å². The first-order valence-electron chi connectivity index (χ1n) is 8.24. The molecule has 1 aromatic carbocycles. The summed E-state index contributed by atoms with van der Waals surface area (Å²) >= 11 is 1.75. The van der Waals surface area contributed by atoms with Crippen LogP contribution in [0.4, 0.5) is 0 Å². The minimum Gasteiger partial charge on any atom is -0.327 e. The summed E-state index contributed by atoms with van der Waals surface area (Å²) in [5.41, 5.74) is 2.75. The number of hydrogen-bond acceptors (Lipinski definition) is 3. The van der Waals surface area contributed by atoms with Gasteiger partial charge in [0.1, 0.15) is 0 Å². The Kier molecular flexibility index (Phi) is 4.01. The Bertz CT molecular complexity index is 975. The van der Waals surface area contributed by atoms with E-state index in [0.717, 1.165) is 12.0 Å². The molecule has 0 fully saturated rings. The third kappa shape index (κ3) is 2.81. The summed E-state index contributed by atoms with van der Waals surface area (Å²) in [6.07, 6.45) is 2.49. The van der Waals surface area contributed by atoms with Gasteiger partial charge in [-0.1, -0.05) is 30.3 Å². The van der Waals surface area contributed by atoms with Gasteiger partial charge in [-0.15, -0.1) is 11.3 Å². The van der Waals surface area contributed by atoms with Crippen LogP contribution in [0.15, 0.2) is 64.9 Å². The highest BCUT2D eigenvalue weighted by atomic mass is 32.1. The van der Waals surface area contributed by atoms with E-state index in [1.54, 1.807) is 30.6 Å². The predicted octanol–water partition coefficient (Wildman–Crippen LogP) is 3.23. The molecule has 0 saturated heterocycles. The Labute approximate surface area is 150 Å². The third-order valence-corrected chi connectivity index (χ3v) is 5.67. The average Bonchev–Trinajstić information content (AvgIpc) is 3.12. The first-order valence-corrected chi connectivity index (χ1v) is 9.12. The fourth-order valence-corrected chi connectivity index (χ4v) is 4.32. The summed E-state index contributed by atoms with van der Waals surface area (Å²) in [5, 5.41) is 2.10. The zero-order valence-electron chi connectivity index (χ0n) is 13.9. The van der Waals surface area contributed by atoms with Gasteiger partial charge in [-0.25, -0.2) is 0 Å². The van der Waals surface area contributed by atoms with Gasteiger partial charge in [0.05, 0.1) is 11.6 Å². The Balaban J connectivity index is 1.78. The molecule has 2 aromatic heterocycles. The van der Waals surface area contributed by atoms with Gasteiger partial charge in [0.15, 0.2) is 0 Å². The summed E-state index contributed by atoms with van der Waals surface area (Å²) in [7, 11) is 1.67. The number of aromatic nitrogens is 1. The number of amides is 1. The molecule has 1 aliphatic rings. The predicted molar refractivity (Wildman–Crippen MR) is 99.0 cm³/mol. The van der Waals surface area contributed by atoms with Crippen molar-refractivity contribution >= 4 is 17.2 Å². The highest BCUT2D eigenvalue weighted by molar-refractivity contribution is 7.10. The number of carbonyl (C=O) groups is 1. The standard InChI is InChI=1S/C20H18N2O2S/c1-21-13-15(7-8-18(21)23)20(24)22-11-9-17-16(10-12-25-17)19(22)14-5-3-2-4-6-14/h2-8,10,12-13,19H,9,11H2,1H3/t19-/m0/s1. The van der Waals surface area contributed by atoms with Crippen molar-refractivity contribution < 1.29 is 4.79 Å². The van der Waals surface area contributed by atoms with E-state index < -0.39 is 0 Å². The van der Waals surface area contributed by atoms with Crippen LogP contribution in [0.2, 0.25) is 0 Å². The number of pyridine rings is 1. The molecule has 5 heteroatoms. The summed E-state index contributed by atoms with van der Waals surface area (Å²) < 4.78 is 1.45. The lowest BCUT2D eigenvalue weighted by Crippen LogP contribution is -2.40. The number of nitrogens with zero attached hydrogens (tertiary/aromatic N) is 2. The smallest absolute Gasteiger partial charge is 0.256 e. The number of thiophene rings is 1. The van der Waals surface area contributed by atoms with E-state index in [0.29, 0.717) is 12.1 Å². The zero-order valence-corrected chi connectivity index (χ0v) is 14.7. The van der Waals surface area contributed by atoms with E-state index in [1.807, 2.05) is 23.1 Å². The van der Waals surface area contributed by atoms with Crippen molar-refractivity contribution in [2.45, 2.75) is 12.5 Å². The van der Waals surface area contributed by atoms with Crippen LogP contribution in [0.1, 0.15) is 32.4 Å². The topological polar surface area (TPSA) is 42.3 Å². The van der Waals surface area contributed by atoms with Crippen LogP contribution >= 0.6 is 11.3 Å². The van der Waals surface area contributed by atoms with Crippen LogP contribution < -0.4 is 5.56 Å². The molecule has 0 radical (unpaired) electrons. The molecule has 0 aliphatic carbocycles. The summed E-state index contributed by atoms with van der Waals surface area (Å²) in [5.74, 6) is -0.0405. The number of rotatable bonds is 2. The fourth-order valence-electron chi connectivity index (χ4n) is 3.42. The zero-order chi connectivity index (χ0) is 17.4. The third-order valence-electron chi connectivity index (χ3n) is 4.67. The molecule has 3 heterocycles. The Morgan fingerprint density at radius 3 is 2.68 bits per heavy atom. The summed E-state index contributed by atoms with van der Waals surface area (Å²) in [6.45, 7) is 0.675. The SMILES string of the molecule is Cn1cc(C(=O)N2CCc3sccc3[C@@H]2c2ccccc2)ccc1=O. The maximum atomic E-state index is 13.2. The molecular formula is C20H18N2O2S. The normalized spacial score (nSPS) is 16.5. The second-order valence-electron chi connectivity index (χ2n) is 6.23. The second kappa shape index (κ2) is 6.33. The number of carbonyl (C=O) groups excluding carboxylic acids is 1. The Morgan fingerprint density at radius 1 is 1.12 bits per heavy atom. The van der Waals surface area contributed by atoms with Crippen LogP contribution in [0.25, 0.3) is 0 Å². The van der Waals surface area contributed by atoms with Crippen LogP contribution in [0.3, 0.4) is 0 Å².